The molecule has 1 amide bonds. The van der Waals surface area contributed by atoms with E-state index in [4.69, 9.17) is 4.74 Å². The van der Waals surface area contributed by atoms with Gasteiger partial charge in [-0.1, -0.05) is 30.3 Å². The minimum Gasteiger partial charge on any atom is -0.444 e. The fourth-order valence-electron chi connectivity index (χ4n) is 3.66. The van der Waals surface area contributed by atoms with Crippen molar-refractivity contribution in [2.75, 3.05) is 13.1 Å². The number of hydrogen-bond acceptors (Lipinski definition) is 4. The number of hydrogen-bond donors (Lipinski definition) is 2. The summed E-state index contributed by atoms with van der Waals surface area (Å²) in [5.41, 5.74) is 2.55. The number of benzene rings is 1. The maximum absolute atomic E-state index is 12.6. The van der Waals surface area contributed by atoms with Gasteiger partial charge >= 0.3 is 6.09 Å². The average Bonchev–Trinajstić information content (AvgIpc) is 2.63. The van der Waals surface area contributed by atoms with E-state index in [1.807, 2.05) is 39.0 Å². The Bertz CT molecular complexity index is 855. The minimum atomic E-state index is -0.530. The number of ether oxygens (including phenoxy) is 1. The topological polar surface area (TPSA) is 74.4 Å². The first kappa shape index (κ1) is 20.1. The summed E-state index contributed by atoms with van der Waals surface area (Å²) in [6.45, 7) is 7.59. The van der Waals surface area contributed by atoms with Crippen LogP contribution in [0.15, 0.2) is 47.4 Å². The maximum atomic E-state index is 12.6. The quantitative estimate of drug-likeness (QED) is 0.830. The molecule has 0 fully saturated rings. The van der Waals surface area contributed by atoms with Crippen molar-refractivity contribution in [1.82, 2.24) is 15.2 Å². The Labute approximate surface area is 165 Å². The molecule has 1 aliphatic rings. The highest BCUT2D eigenvalue weighted by Crippen LogP contribution is 2.30. The van der Waals surface area contributed by atoms with Gasteiger partial charge in [0, 0.05) is 55.6 Å². The summed E-state index contributed by atoms with van der Waals surface area (Å²) in [6.07, 6.45) is 2.74. The van der Waals surface area contributed by atoms with E-state index in [1.54, 1.807) is 12.3 Å². The molecule has 2 aromatic rings. The smallest absolute Gasteiger partial charge is 0.407 e. The molecule has 1 unspecified atom stereocenters. The molecule has 0 saturated heterocycles. The molecule has 0 aliphatic carbocycles. The number of rotatable bonds is 5. The number of fused-ring (bicyclic) bond motifs is 1. The van der Waals surface area contributed by atoms with Crippen molar-refractivity contribution in [2.24, 2.45) is 0 Å². The van der Waals surface area contributed by atoms with Crippen LogP contribution in [0.4, 0.5) is 4.79 Å². The standard InChI is InChI=1S/C22H29N3O3/c1-22(2,3)28-21(27)24-12-9-18-20-17(23-13-10-19(20)26)11-14-25(18)15-16-7-5-4-6-8-16/h4-8,10,13,18H,9,11-12,14-15H2,1-3H3,(H,23,26)(H,24,27). The van der Waals surface area contributed by atoms with Gasteiger partial charge in [-0.3, -0.25) is 9.69 Å². The summed E-state index contributed by atoms with van der Waals surface area (Å²) >= 11 is 0. The molecule has 1 atom stereocenters. The lowest BCUT2D eigenvalue weighted by molar-refractivity contribution is 0.0519. The van der Waals surface area contributed by atoms with Crippen molar-refractivity contribution in [1.29, 1.82) is 0 Å². The Kier molecular flexibility index (Phi) is 6.19. The largest absolute Gasteiger partial charge is 0.444 e. The van der Waals surface area contributed by atoms with Crippen LogP contribution in [0.1, 0.15) is 50.1 Å². The van der Waals surface area contributed by atoms with Crippen LogP contribution < -0.4 is 10.7 Å². The lowest BCUT2D eigenvalue weighted by Crippen LogP contribution is -2.41. The SMILES string of the molecule is CC(C)(C)OC(=O)NCCC1c2c([nH]ccc2=O)CCN1Cc1ccccc1. The van der Waals surface area contributed by atoms with Gasteiger partial charge in [0.1, 0.15) is 5.60 Å². The van der Waals surface area contributed by atoms with Crippen LogP contribution in [0.25, 0.3) is 0 Å². The highest BCUT2D eigenvalue weighted by atomic mass is 16.6. The van der Waals surface area contributed by atoms with Gasteiger partial charge in [-0.15, -0.1) is 0 Å². The van der Waals surface area contributed by atoms with Gasteiger partial charge in [0.2, 0.25) is 0 Å². The van der Waals surface area contributed by atoms with Crippen molar-refractivity contribution < 1.29 is 9.53 Å². The second-order valence-corrected chi connectivity index (χ2v) is 8.17. The third kappa shape index (κ3) is 5.23. The van der Waals surface area contributed by atoms with E-state index in [1.165, 1.54) is 5.56 Å². The van der Waals surface area contributed by atoms with E-state index in [-0.39, 0.29) is 11.5 Å². The molecule has 1 aromatic heterocycles. The summed E-state index contributed by atoms with van der Waals surface area (Å²) in [5, 5.41) is 2.82. The zero-order valence-corrected chi connectivity index (χ0v) is 16.8. The molecule has 0 spiro atoms. The molecular formula is C22H29N3O3. The number of nitrogens with one attached hydrogen (secondary N) is 2. The first-order valence-electron chi connectivity index (χ1n) is 9.79. The molecule has 150 valence electrons. The van der Waals surface area contributed by atoms with Crippen LogP contribution >= 0.6 is 0 Å². The first-order valence-corrected chi connectivity index (χ1v) is 9.79. The van der Waals surface area contributed by atoms with Gasteiger partial charge in [0.25, 0.3) is 0 Å². The maximum Gasteiger partial charge on any atom is 0.407 e. The number of aromatic nitrogens is 1. The van der Waals surface area contributed by atoms with Crippen LogP contribution in [0.5, 0.6) is 0 Å². The molecular weight excluding hydrogens is 354 g/mol. The fraction of sp³-hybridized carbons (Fsp3) is 0.455. The Hall–Kier alpha value is -2.60. The van der Waals surface area contributed by atoms with E-state index >= 15 is 0 Å². The van der Waals surface area contributed by atoms with Crippen molar-refractivity contribution in [3.63, 3.8) is 0 Å². The highest BCUT2D eigenvalue weighted by Gasteiger charge is 2.30. The zero-order valence-electron chi connectivity index (χ0n) is 16.8. The summed E-state index contributed by atoms with van der Waals surface area (Å²) < 4.78 is 5.31. The molecule has 0 saturated carbocycles. The molecule has 3 rings (SSSR count). The summed E-state index contributed by atoms with van der Waals surface area (Å²) in [6, 6.07) is 11.8. The number of carbonyl (C=O) groups excluding carboxylic acids is 1. The number of aromatic amines is 1. The van der Waals surface area contributed by atoms with Gasteiger partial charge < -0.3 is 15.0 Å². The monoisotopic (exact) mass is 383 g/mol. The van der Waals surface area contributed by atoms with Crippen LogP contribution in [-0.2, 0) is 17.7 Å². The second kappa shape index (κ2) is 8.61. The number of H-pyrrole nitrogens is 1. The first-order chi connectivity index (χ1) is 13.3. The minimum absolute atomic E-state index is 0.0498. The van der Waals surface area contributed by atoms with Crippen molar-refractivity contribution >= 4 is 6.09 Å². The lowest BCUT2D eigenvalue weighted by Gasteiger charge is -2.36. The third-order valence-electron chi connectivity index (χ3n) is 4.82. The van der Waals surface area contributed by atoms with Gasteiger partial charge in [0.15, 0.2) is 5.43 Å². The normalized spacial score (nSPS) is 17.0. The Morgan fingerprint density at radius 2 is 2.00 bits per heavy atom. The molecule has 28 heavy (non-hydrogen) atoms. The number of nitrogens with zero attached hydrogens (tertiary/aromatic N) is 1. The molecule has 1 aliphatic heterocycles. The number of carbonyl (C=O) groups is 1. The number of pyridine rings is 1. The van der Waals surface area contributed by atoms with Crippen molar-refractivity contribution in [2.45, 2.75) is 51.8 Å². The molecule has 6 heteroatoms. The second-order valence-electron chi connectivity index (χ2n) is 8.17. The predicted octanol–water partition coefficient (Wildman–Crippen LogP) is 3.39. The van der Waals surface area contributed by atoms with E-state index in [0.717, 1.165) is 30.8 Å². The number of amides is 1. The van der Waals surface area contributed by atoms with Gasteiger partial charge in [-0.2, -0.15) is 0 Å². The van der Waals surface area contributed by atoms with Crippen molar-refractivity contribution in [3.8, 4) is 0 Å². The Morgan fingerprint density at radius 1 is 1.25 bits per heavy atom. The summed E-state index contributed by atoms with van der Waals surface area (Å²) in [5.74, 6) is 0. The third-order valence-corrected chi connectivity index (χ3v) is 4.82. The number of alkyl carbamates (subject to hydrolysis) is 1. The Morgan fingerprint density at radius 3 is 2.71 bits per heavy atom. The van der Waals surface area contributed by atoms with E-state index in [2.05, 4.69) is 27.3 Å². The van der Waals surface area contributed by atoms with Crippen LogP contribution in [0.2, 0.25) is 0 Å². The highest BCUT2D eigenvalue weighted by molar-refractivity contribution is 5.67. The zero-order chi connectivity index (χ0) is 20.1. The predicted molar refractivity (Wildman–Crippen MR) is 109 cm³/mol. The molecule has 1 aromatic carbocycles. The van der Waals surface area contributed by atoms with Crippen molar-refractivity contribution in [3.05, 3.63) is 69.6 Å². The summed E-state index contributed by atoms with van der Waals surface area (Å²) in [7, 11) is 0. The van der Waals surface area contributed by atoms with Gasteiger partial charge in [-0.05, 0) is 32.8 Å². The van der Waals surface area contributed by atoms with E-state index in [9.17, 15) is 9.59 Å². The van der Waals surface area contributed by atoms with Gasteiger partial charge in [-0.25, -0.2) is 4.79 Å². The summed E-state index contributed by atoms with van der Waals surface area (Å²) in [4.78, 5) is 30.1. The molecule has 2 heterocycles. The molecule has 0 radical (unpaired) electrons. The lowest BCUT2D eigenvalue weighted by atomic mass is 9.93. The van der Waals surface area contributed by atoms with Crippen LogP contribution in [0.3, 0.4) is 0 Å². The van der Waals surface area contributed by atoms with E-state index in [0.29, 0.717) is 13.0 Å². The van der Waals surface area contributed by atoms with Crippen LogP contribution in [-0.4, -0.2) is 34.7 Å². The molecule has 2 N–H and O–H groups in total. The molecule has 0 bridgehead atoms. The van der Waals surface area contributed by atoms with E-state index < -0.39 is 11.7 Å². The fourth-order valence-corrected chi connectivity index (χ4v) is 3.66. The Balaban J connectivity index is 1.74. The van der Waals surface area contributed by atoms with Crippen LogP contribution in [0, 0.1) is 0 Å². The average molecular weight is 383 g/mol. The van der Waals surface area contributed by atoms with Gasteiger partial charge in [0.05, 0.1) is 0 Å². The molecule has 6 nitrogen and oxygen atoms in total.